The molecule has 1 atom stereocenters. The van der Waals surface area contributed by atoms with Crippen molar-refractivity contribution in [2.45, 2.75) is 63.5 Å². The summed E-state index contributed by atoms with van der Waals surface area (Å²) in [5, 5.41) is 16.7. The smallest absolute Gasteiger partial charge is 0.308 e. The van der Waals surface area contributed by atoms with Gasteiger partial charge >= 0.3 is 5.97 Å². The number of hydrogen-bond acceptors (Lipinski definition) is 7. The van der Waals surface area contributed by atoms with Crippen LogP contribution in [-0.2, 0) is 19.1 Å². The molecule has 2 heterocycles. The predicted octanol–water partition coefficient (Wildman–Crippen LogP) is 2.62. The van der Waals surface area contributed by atoms with Gasteiger partial charge in [0.2, 0.25) is 11.8 Å². The number of amides is 2. The van der Waals surface area contributed by atoms with Crippen molar-refractivity contribution in [1.29, 1.82) is 0 Å². The van der Waals surface area contributed by atoms with Gasteiger partial charge in [-0.1, -0.05) is 24.9 Å². The molecular weight excluding hydrogens is 422 g/mol. The number of aliphatic hydroxyl groups is 1. The average Bonchev–Trinajstić information content (AvgIpc) is 2.71. The zero-order chi connectivity index (χ0) is 22.4. The van der Waals surface area contributed by atoms with Gasteiger partial charge in [-0.3, -0.25) is 19.7 Å². The fourth-order valence-corrected chi connectivity index (χ4v) is 4.18. The van der Waals surface area contributed by atoms with Crippen molar-refractivity contribution in [3.8, 4) is 0 Å². The minimum atomic E-state index is -1.06. The van der Waals surface area contributed by atoms with Gasteiger partial charge in [-0.15, -0.1) is 0 Å². The molecule has 9 heteroatoms. The lowest BCUT2D eigenvalue weighted by Gasteiger charge is -2.39. The van der Waals surface area contributed by atoms with Crippen LogP contribution in [0.3, 0.4) is 0 Å². The van der Waals surface area contributed by atoms with Crippen molar-refractivity contribution < 1.29 is 24.2 Å². The number of ether oxygens (including phenoxy) is 1. The quantitative estimate of drug-likeness (QED) is 0.316. The normalized spacial score (nSPS) is 20.9. The van der Waals surface area contributed by atoms with Crippen LogP contribution in [-0.4, -0.2) is 54.2 Å². The third-order valence-corrected chi connectivity index (χ3v) is 6.10. The van der Waals surface area contributed by atoms with Crippen molar-refractivity contribution in [1.82, 2.24) is 5.32 Å². The molecule has 0 aliphatic carbocycles. The van der Waals surface area contributed by atoms with Crippen LogP contribution in [0.1, 0.15) is 51.9 Å². The van der Waals surface area contributed by atoms with Gasteiger partial charge in [0.05, 0.1) is 29.3 Å². The predicted molar refractivity (Wildman–Crippen MR) is 118 cm³/mol. The number of piperidine rings is 2. The summed E-state index contributed by atoms with van der Waals surface area (Å²) in [5.74, 6) is -0.943. The number of anilines is 2. The van der Waals surface area contributed by atoms with E-state index < -0.39 is 11.6 Å². The van der Waals surface area contributed by atoms with Crippen LogP contribution in [0.15, 0.2) is 18.2 Å². The van der Waals surface area contributed by atoms with Crippen LogP contribution >= 0.6 is 11.6 Å². The summed E-state index contributed by atoms with van der Waals surface area (Å²) in [6.45, 7) is 3.56. The number of nitrogens with one attached hydrogen (secondary N) is 2. The number of rotatable bonds is 8. The minimum absolute atomic E-state index is 0.00704. The molecule has 170 valence electrons. The molecule has 0 saturated carbocycles. The van der Waals surface area contributed by atoms with E-state index in [1.807, 2.05) is 19.1 Å². The maximum absolute atomic E-state index is 12.0. The summed E-state index contributed by atoms with van der Waals surface area (Å²) in [6.07, 6.45) is 3.42. The van der Waals surface area contributed by atoms with Gasteiger partial charge in [0.25, 0.3) is 0 Å². The average molecular weight is 452 g/mol. The second kappa shape index (κ2) is 10.3. The highest BCUT2D eigenvalue weighted by Crippen LogP contribution is 2.34. The van der Waals surface area contributed by atoms with Crippen molar-refractivity contribution >= 4 is 40.8 Å². The van der Waals surface area contributed by atoms with Crippen molar-refractivity contribution in [3.63, 3.8) is 0 Å². The van der Waals surface area contributed by atoms with E-state index in [4.69, 9.17) is 16.3 Å². The molecule has 8 nitrogen and oxygen atoms in total. The van der Waals surface area contributed by atoms with Crippen molar-refractivity contribution in [2.75, 3.05) is 29.9 Å². The first-order chi connectivity index (χ1) is 14.8. The SMILES string of the molecule is CCCCOC(=O)CC1(O)CCN(c2ccc(N[C@@H]3CCC(=O)NC3=O)cc2Cl)CC1. The number of hydrogen-bond donors (Lipinski definition) is 3. The number of carbonyl (C=O) groups is 3. The Bertz CT molecular complexity index is 823. The lowest BCUT2D eigenvalue weighted by atomic mass is 9.88. The topological polar surface area (TPSA) is 108 Å². The first-order valence-corrected chi connectivity index (χ1v) is 11.2. The molecule has 2 aliphatic rings. The van der Waals surface area contributed by atoms with E-state index in [0.29, 0.717) is 56.1 Å². The first-order valence-electron chi connectivity index (χ1n) is 10.8. The number of benzene rings is 1. The van der Waals surface area contributed by atoms with Crippen LogP contribution in [0.4, 0.5) is 11.4 Å². The highest BCUT2D eigenvalue weighted by atomic mass is 35.5. The Morgan fingerprint density at radius 1 is 1.35 bits per heavy atom. The molecule has 2 fully saturated rings. The van der Waals surface area contributed by atoms with Gasteiger partial charge in [0.1, 0.15) is 6.04 Å². The molecular formula is C22H30ClN3O5. The van der Waals surface area contributed by atoms with Crippen LogP contribution in [0.25, 0.3) is 0 Å². The maximum Gasteiger partial charge on any atom is 0.308 e. The van der Waals surface area contributed by atoms with Gasteiger partial charge in [-0.25, -0.2) is 0 Å². The molecule has 3 N–H and O–H groups in total. The molecule has 0 aromatic heterocycles. The van der Waals surface area contributed by atoms with Gasteiger partial charge in [0.15, 0.2) is 0 Å². The first kappa shape index (κ1) is 23.3. The number of nitrogens with zero attached hydrogens (tertiary/aromatic N) is 1. The standard InChI is InChI=1S/C22H30ClN3O5/c1-2-3-12-31-20(28)14-22(30)8-10-26(11-9-22)18-6-4-15(13-16(18)23)24-17-5-7-19(27)25-21(17)29/h4,6,13,17,24,30H,2-3,5,7-12,14H2,1H3,(H,25,27,29)/t17-/m1/s1. The molecule has 0 bridgehead atoms. The Kier molecular flexibility index (Phi) is 7.78. The van der Waals surface area contributed by atoms with E-state index in [1.54, 1.807) is 6.07 Å². The van der Waals surface area contributed by atoms with Gasteiger partial charge < -0.3 is 20.1 Å². The van der Waals surface area contributed by atoms with E-state index in [0.717, 1.165) is 18.5 Å². The highest BCUT2D eigenvalue weighted by Gasteiger charge is 2.35. The molecule has 0 unspecified atom stereocenters. The second-order valence-electron chi connectivity index (χ2n) is 8.28. The summed E-state index contributed by atoms with van der Waals surface area (Å²) < 4.78 is 5.18. The van der Waals surface area contributed by atoms with Gasteiger partial charge in [0, 0.05) is 25.2 Å². The third-order valence-electron chi connectivity index (χ3n) is 5.80. The van der Waals surface area contributed by atoms with Crippen LogP contribution in [0, 0.1) is 0 Å². The highest BCUT2D eigenvalue weighted by molar-refractivity contribution is 6.33. The number of esters is 1. The largest absolute Gasteiger partial charge is 0.466 e. The van der Waals surface area contributed by atoms with Gasteiger partial charge in [-0.2, -0.15) is 0 Å². The van der Waals surface area contributed by atoms with E-state index in [2.05, 4.69) is 15.5 Å². The summed E-state index contributed by atoms with van der Waals surface area (Å²) in [5.41, 5.74) is 0.481. The molecule has 2 aliphatic heterocycles. The van der Waals surface area contributed by atoms with Crippen molar-refractivity contribution in [2.24, 2.45) is 0 Å². The van der Waals surface area contributed by atoms with Crippen LogP contribution in [0.2, 0.25) is 5.02 Å². The molecule has 0 spiro atoms. The van der Waals surface area contributed by atoms with E-state index >= 15 is 0 Å². The Morgan fingerprint density at radius 2 is 2.10 bits per heavy atom. The second-order valence-corrected chi connectivity index (χ2v) is 8.68. The lowest BCUT2D eigenvalue weighted by Crippen LogP contribution is -2.47. The van der Waals surface area contributed by atoms with E-state index in [-0.39, 0.29) is 24.2 Å². The summed E-state index contributed by atoms with van der Waals surface area (Å²) in [4.78, 5) is 37.3. The molecule has 2 saturated heterocycles. The summed E-state index contributed by atoms with van der Waals surface area (Å²) in [6, 6.07) is 5.00. The Hall–Kier alpha value is -2.32. The molecule has 31 heavy (non-hydrogen) atoms. The minimum Gasteiger partial charge on any atom is -0.466 e. The Morgan fingerprint density at radius 3 is 2.74 bits per heavy atom. The Balaban J connectivity index is 1.54. The molecule has 2 amide bonds. The maximum atomic E-state index is 12.0. The lowest BCUT2D eigenvalue weighted by molar-refractivity contribution is -0.150. The van der Waals surface area contributed by atoms with E-state index in [1.165, 1.54) is 0 Å². The zero-order valence-corrected chi connectivity index (χ0v) is 18.5. The van der Waals surface area contributed by atoms with E-state index in [9.17, 15) is 19.5 Å². The molecule has 3 rings (SSSR count). The molecule has 0 radical (unpaired) electrons. The fraction of sp³-hybridized carbons (Fsp3) is 0.591. The third kappa shape index (κ3) is 6.33. The van der Waals surface area contributed by atoms with Gasteiger partial charge in [-0.05, 0) is 43.9 Å². The Labute approximate surface area is 187 Å². The number of halogens is 1. The fourth-order valence-electron chi connectivity index (χ4n) is 3.88. The number of unbranched alkanes of at least 4 members (excludes halogenated alkanes) is 1. The monoisotopic (exact) mass is 451 g/mol. The van der Waals surface area contributed by atoms with Crippen LogP contribution < -0.4 is 15.5 Å². The van der Waals surface area contributed by atoms with Crippen LogP contribution in [0.5, 0.6) is 0 Å². The number of imide groups is 1. The zero-order valence-electron chi connectivity index (χ0n) is 17.8. The summed E-state index contributed by atoms with van der Waals surface area (Å²) in [7, 11) is 0. The summed E-state index contributed by atoms with van der Waals surface area (Å²) >= 11 is 6.49. The molecule has 1 aromatic carbocycles. The molecule has 1 aromatic rings. The number of carbonyl (C=O) groups excluding carboxylic acids is 3. The van der Waals surface area contributed by atoms with Crippen molar-refractivity contribution in [3.05, 3.63) is 23.2 Å².